The predicted octanol–water partition coefficient (Wildman–Crippen LogP) is 12.6. The van der Waals surface area contributed by atoms with Crippen LogP contribution in [0.2, 0.25) is 0 Å². The van der Waals surface area contributed by atoms with Crippen LogP contribution in [-0.2, 0) is 51.7 Å². The maximum absolute atomic E-state index is 13.2. The van der Waals surface area contributed by atoms with Gasteiger partial charge in [0.2, 0.25) is 10.0 Å². The van der Waals surface area contributed by atoms with E-state index >= 15 is 0 Å². The number of carboxylic acids is 1. The van der Waals surface area contributed by atoms with Crippen molar-refractivity contribution in [2.75, 3.05) is 26.4 Å². The number of hydrogen-bond acceptors (Lipinski definition) is 24. The van der Waals surface area contributed by atoms with Crippen molar-refractivity contribution in [2.24, 2.45) is 0 Å². The summed E-state index contributed by atoms with van der Waals surface area (Å²) in [6.45, 7) is 9.68. The Morgan fingerprint density at radius 2 is 1.01 bits per heavy atom. The molecular weight excluding hydrogens is 1380 g/mol. The summed E-state index contributed by atoms with van der Waals surface area (Å²) >= 11 is 2.36. The second kappa shape index (κ2) is 26.9. The third-order valence-corrected chi connectivity index (χ3v) is 21.5. The summed E-state index contributed by atoms with van der Waals surface area (Å²) in [5.74, 6) is -0.576. The Balaban J connectivity index is 0.000000171. The smallest absolute Gasteiger partial charge is 0.489 e. The molecule has 1 amide bonds. The number of amides is 1. The van der Waals surface area contributed by atoms with Gasteiger partial charge in [-0.2, -0.15) is 9.97 Å². The predicted molar refractivity (Wildman–Crippen MR) is 338 cm³/mol. The highest BCUT2D eigenvalue weighted by Crippen LogP contribution is 2.49. The lowest BCUT2D eigenvalue weighted by molar-refractivity contribution is -0.275. The minimum absolute atomic E-state index is 0.00982. The molecule has 8 aromatic rings. The van der Waals surface area contributed by atoms with Crippen LogP contribution in [0.4, 0.5) is 26.3 Å². The number of ether oxygens (including phenoxy) is 12. The van der Waals surface area contributed by atoms with Gasteiger partial charge in [-0.05, 0) is 122 Å². The van der Waals surface area contributed by atoms with Crippen LogP contribution in [0.25, 0.3) is 42.9 Å². The molecule has 2 N–H and O–H groups in total. The van der Waals surface area contributed by atoms with E-state index in [9.17, 15) is 49.5 Å². The van der Waals surface area contributed by atoms with Crippen LogP contribution in [0.3, 0.4) is 0 Å². The normalized spacial score (nSPS) is 23.3. The number of halogens is 6. The molecule has 4 aromatic heterocycles. The standard InChI is InChI=1S/C35H36F3N3O10S2.C31H29F3N2O9S/c1-17(2)48-23-12-19(32(42)41-53(43,44)34(3)10-11-34)13-26-28(23)39-33(52-26)49-25-16-47-30-24(15-46-31(25)30)45-14-21-27(40-51-29(21)18-8-9-18)20-6-4-5-7-22(20)50-35(36,37)38;1-14(2)42-20-9-16(29(37)38)10-23-25(20)35-30(46-23)43-22-13-41-27-21(12-40-28(22)27)39-11-18-24(36-45-26(18)15-7-8-15)17-5-3-4-6-19(17)44-31(32,33)34/h4-7,12-13,17-18,24-25,30-31H,8-11,14-16H2,1-3H3,(H,41,42);3-6,9-10,14-15,21-22,27-28H,7-8,11-13H2,1-2H3,(H,37,38)/t24-,25-,30-,31-;21-,22-,27-,28-/m11/s1. The number of alkyl halides is 6. The van der Waals surface area contributed by atoms with Crippen LogP contribution < -0.4 is 33.1 Å². The van der Waals surface area contributed by atoms with E-state index in [2.05, 4.69) is 34.5 Å². The number of carbonyl (C=O) groups excluding carboxylic acids is 1. The van der Waals surface area contributed by atoms with Crippen molar-refractivity contribution in [3.63, 3.8) is 0 Å². The summed E-state index contributed by atoms with van der Waals surface area (Å²) < 4.78 is 188. The number of carboxylic acid groups (broad SMARTS) is 1. The van der Waals surface area contributed by atoms with Gasteiger partial charge in [-0.25, -0.2) is 17.9 Å². The lowest BCUT2D eigenvalue weighted by atomic mass is 10.0. The molecule has 4 aromatic carbocycles. The zero-order chi connectivity index (χ0) is 69.4. The lowest BCUT2D eigenvalue weighted by Gasteiger charge is -2.18. The molecule has 33 heteroatoms. The van der Waals surface area contributed by atoms with Gasteiger partial charge in [0.1, 0.15) is 93.6 Å². The first-order chi connectivity index (χ1) is 47.2. The third-order valence-electron chi connectivity index (χ3n) is 17.5. The number of hydrogen-bond donors (Lipinski definition) is 2. The first-order valence-corrected chi connectivity index (χ1v) is 35.1. The molecule has 3 aliphatic carbocycles. The van der Waals surface area contributed by atoms with E-state index in [0.29, 0.717) is 72.6 Å². The molecule has 8 heterocycles. The van der Waals surface area contributed by atoms with Crippen LogP contribution in [0, 0.1) is 0 Å². The van der Waals surface area contributed by atoms with E-state index in [4.69, 9.17) is 56.4 Å². The average Bonchev–Trinajstić information content (AvgIpc) is 1.64. The second-order valence-corrected chi connectivity index (χ2v) is 29.9. The maximum atomic E-state index is 13.2. The number of nitrogens with one attached hydrogen (secondary N) is 1. The van der Waals surface area contributed by atoms with Gasteiger partial charge < -0.3 is 71.0 Å². The summed E-state index contributed by atoms with van der Waals surface area (Å²) in [5, 5.41) is 18.4. The first kappa shape index (κ1) is 68.3. The lowest BCUT2D eigenvalue weighted by Crippen LogP contribution is -2.38. The SMILES string of the molecule is CC(C)Oc1cc(C(=O)NS(=O)(=O)C2(C)CC2)cc2sc(O[C@@H]3CO[C@H]4[C@@H]3OC[C@H]4OCc3c(-c4ccccc4OC(F)(F)F)noc3C3CC3)nc12.CC(C)Oc1cc(C(=O)O)cc2sc(O[C@@H]3CO[C@H]4[C@@H]3OC[C@H]4OCc3c(-c4ccccc4OC(F)(F)F)noc3C3CC3)nc12. The van der Waals surface area contributed by atoms with Crippen LogP contribution in [0.5, 0.6) is 33.4 Å². The van der Waals surface area contributed by atoms with Gasteiger partial charge in [0, 0.05) is 39.7 Å². The summed E-state index contributed by atoms with van der Waals surface area (Å²) in [7, 11) is -3.86. The van der Waals surface area contributed by atoms with Gasteiger partial charge in [-0.3, -0.25) is 4.79 Å². The van der Waals surface area contributed by atoms with E-state index < -0.39 is 94.0 Å². The number of benzene rings is 4. The average molecular weight is 1440 g/mol. The summed E-state index contributed by atoms with van der Waals surface area (Å²) in [6, 6.07) is 17.5. The number of aromatic carboxylic acids is 1. The number of thiazole rings is 2. The monoisotopic (exact) mass is 1440 g/mol. The zero-order valence-electron chi connectivity index (χ0n) is 53.4. The number of para-hydroxylation sites is 2. The molecule has 24 nitrogen and oxygen atoms in total. The number of sulfonamides is 1. The fourth-order valence-electron chi connectivity index (χ4n) is 12.2. The van der Waals surface area contributed by atoms with Gasteiger partial charge in [0.15, 0.2) is 12.2 Å². The summed E-state index contributed by atoms with van der Waals surface area (Å²) in [6.07, 6.45) is -9.78. The number of rotatable bonds is 24. The Labute approximate surface area is 568 Å². The van der Waals surface area contributed by atoms with Crippen LogP contribution in [-0.4, -0.2) is 151 Å². The van der Waals surface area contributed by atoms with Crippen molar-refractivity contribution in [3.05, 3.63) is 107 Å². The maximum Gasteiger partial charge on any atom is 0.573 e. The Morgan fingerprint density at radius 3 is 1.41 bits per heavy atom. The van der Waals surface area contributed by atoms with Crippen LogP contribution >= 0.6 is 22.7 Å². The van der Waals surface area contributed by atoms with E-state index in [1.807, 2.05) is 27.7 Å². The zero-order valence-corrected chi connectivity index (χ0v) is 55.9. The van der Waals surface area contributed by atoms with E-state index in [-0.39, 0.29) is 108 Å². The van der Waals surface area contributed by atoms with Gasteiger partial charge in [-0.1, -0.05) is 57.3 Å². The minimum atomic E-state index is -4.89. The molecule has 0 bridgehead atoms. The van der Waals surface area contributed by atoms with Crippen molar-refractivity contribution in [1.29, 1.82) is 0 Å². The summed E-state index contributed by atoms with van der Waals surface area (Å²) in [4.78, 5) is 34.0. The summed E-state index contributed by atoms with van der Waals surface area (Å²) in [5.41, 5.74) is 2.97. The first-order valence-electron chi connectivity index (χ1n) is 31.9. The van der Waals surface area contributed by atoms with Gasteiger partial charge in [0.05, 0.1) is 71.6 Å². The molecular formula is C66H65F6N5O19S3. The van der Waals surface area contributed by atoms with Gasteiger partial charge in [-0.15, -0.1) is 26.3 Å². The third kappa shape index (κ3) is 14.8. The quantitative estimate of drug-likeness (QED) is 0.0531. The van der Waals surface area contributed by atoms with Gasteiger partial charge in [0.25, 0.3) is 16.3 Å². The molecule has 3 saturated carbocycles. The fourth-order valence-corrected chi connectivity index (χ4v) is 15.3. The van der Waals surface area contributed by atoms with E-state index in [1.54, 1.807) is 25.1 Å². The molecule has 7 fully saturated rings. The van der Waals surface area contributed by atoms with Crippen molar-refractivity contribution in [2.45, 2.75) is 177 Å². The number of fused-ring (bicyclic) bond motifs is 4. The van der Waals surface area contributed by atoms with Gasteiger partial charge >= 0.3 is 18.7 Å². The Hall–Kier alpha value is -7.89. The molecule has 15 rings (SSSR count). The Kier molecular flexibility index (Phi) is 18.5. The molecule has 0 unspecified atom stereocenters. The number of nitrogens with zero attached hydrogens (tertiary/aromatic N) is 4. The fraction of sp³-hybridized carbons (Fsp3) is 0.485. The molecule has 4 aliphatic heterocycles. The van der Waals surface area contributed by atoms with Crippen molar-refractivity contribution in [3.8, 4) is 55.9 Å². The second-order valence-electron chi connectivity index (χ2n) is 25.7. The minimum Gasteiger partial charge on any atom is -0.489 e. The largest absolute Gasteiger partial charge is 0.573 e. The van der Waals surface area contributed by atoms with Crippen molar-refractivity contribution >= 4 is 65.0 Å². The molecule has 0 spiro atoms. The Bertz CT molecular complexity index is 4450. The molecule has 0 radical (unpaired) electrons. The molecule has 528 valence electrons. The molecule has 4 saturated heterocycles. The van der Waals surface area contributed by atoms with E-state index in [1.165, 1.54) is 77.3 Å². The number of carbonyl (C=O) groups is 2. The van der Waals surface area contributed by atoms with Crippen molar-refractivity contribution < 1.29 is 115 Å². The highest BCUT2D eigenvalue weighted by molar-refractivity contribution is 7.91. The van der Waals surface area contributed by atoms with Crippen molar-refractivity contribution in [1.82, 2.24) is 25.0 Å². The van der Waals surface area contributed by atoms with Crippen LogP contribution in [0.15, 0.2) is 81.8 Å². The van der Waals surface area contributed by atoms with Crippen LogP contribution in [0.1, 0.15) is 128 Å². The molecule has 8 atom stereocenters. The Morgan fingerprint density at radius 1 is 0.606 bits per heavy atom. The highest BCUT2D eigenvalue weighted by Gasteiger charge is 2.53. The topological polar surface area (TPSA) is 289 Å². The number of aromatic nitrogens is 4. The van der Waals surface area contributed by atoms with E-state index in [0.717, 1.165) is 25.7 Å². The molecule has 7 aliphatic rings. The molecule has 99 heavy (non-hydrogen) atoms. The highest BCUT2D eigenvalue weighted by atomic mass is 32.2.